The van der Waals surface area contributed by atoms with E-state index in [1.54, 1.807) is 12.3 Å². The van der Waals surface area contributed by atoms with Crippen molar-refractivity contribution < 1.29 is 29.3 Å². The highest BCUT2D eigenvalue weighted by Gasteiger charge is 2.25. The highest BCUT2D eigenvalue weighted by molar-refractivity contribution is 5.95. The first-order valence-corrected chi connectivity index (χ1v) is 11.9. The first kappa shape index (κ1) is 27.7. The first-order valence-electron chi connectivity index (χ1n) is 11.9. The number of aromatic nitrogens is 3. The van der Waals surface area contributed by atoms with Crippen LogP contribution in [-0.2, 0) is 11.3 Å². The molecule has 0 bridgehead atoms. The van der Waals surface area contributed by atoms with Crippen LogP contribution >= 0.6 is 0 Å². The monoisotopic (exact) mass is 509 g/mol. The quantitative estimate of drug-likeness (QED) is 0.359. The number of carbonyl (C=O) groups is 2. The molecule has 0 saturated heterocycles. The molecule has 0 radical (unpaired) electrons. The second kappa shape index (κ2) is 12.4. The lowest BCUT2D eigenvalue weighted by molar-refractivity contribution is -0.307. The zero-order valence-electron chi connectivity index (χ0n) is 20.9. The van der Waals surface area contributed by atoms with Gasteiger partial charge in [-0.1, -0.05) is 26.0 Å². The normalized spacial score (nSPS) is 13.2. The van der Waals surface area contributed by atoms with E-state index in [1.807, 2.05) is 32.9 Å². The molecule has 0 aliphatic carbocycles. The fourth-order valence-electron chi connectivity index (χ4n) is 3.82. The third kappa shape index (κ3) is 7.55. The van der Waals surface area contributed by atoms with E-state index in [0.717, 1.165) is 11.3 Å². The second-order valence-electron chi connectivity index (χ2n) is 9.07. The summed E-state index contributed by atoms with van der Waals surface area (Å²) in [6, 6.07) is 9.30. The molecule has 9 nitrogen and oxygen atoms in total. The zero-order valence-corrected chi connectivity index (χ0v) is 20.9. The standard InChI is InChI=1S/C27H31FN4O5/c1-16(2)25-23(11-10-21(33)12-22(34)13-24(35)36)32(20-8-6-19(28)7-9-20)31-26(25)27(37)30-15-18-5-4-17(3)29-14-18/h4-11,14,16,21-22,33-34H,12-13,15H2,1-3H3,(H,30,37)(H,35,36)/p-1/b11-10+/t21-,22-/m1/s1. The lowest BCUT2D eigenvalue weighted by atomic mass is 9.98. The van der Waals surface area contributed by atoms with Crippen LogP contribution in [0.3, 0.4) is 0 Å². The number of aliphatic hydroxyl groups excluding tert-OH is 2. The molecule has 3 aromatic rings. The summed E-state index contributed by atoms with van der Waals surface area (Å²) in [5, 5.41) is 38.2. The molecule has 2 aromatic heterocycles. The Labute approximate surface area is 214 Å². The fraction of sp³-hybridized carbons (Fsp3) is 0.333. The molecule has 1 amide bonds. The number of nitrogens with zero attached hydrogens (tertiary/aromatic N) is 3. The molecule has 2 atom stereocenters. The van der Waals surface area contributed by atoms with Crippen LogP contribution in [0.4, 0.5) is 4.39 Å². The number of amides is 1. The Hall–Kier alpha value is -3.89. The number of carboxylic acid groups (broad SMARTS) is 1. The molecular formula is C27H30FN4O5-. The summed E-state index contributed by atoms with van der Waals surface area (Å²) in [4.78, 5) is 28.1. The van der Waals surface area contributed by atoms with Crippen molar-refractivity contribution in [1.29, 1.82) is 0 Å². The molecule has 0 aliphatic rings. The Kier molecular flexibility index (Phi) is 9.26. The van der Waals surface area contributed by atoms with Gasteiger partial charge in [0.1, 0.15) is 5.82 Å². The van der Waals surface area contributed by atoms with E-state index < -0.39 is 36.3 Å². The minimum Gasteiger partial charge on any atom is -0.550 e. The summed E-state index contributed by atoms with van der Waals surface area (Å²) >= 11 is 0. The van der Waals surface area contributed by atoms with Crippen LogP contribution in [0.2, 0.25) is 0 Å². The van der Waals surface area contributed by atoms with Crippen LogP contribution in [0.25, 0.3) is 11.8 Å². The van der Waals surface area contributed by atoms with Gasteiger partial charge in [-0.05, 0) is 54.8 Å². The molecule has 1 aromatic carbocycles. The average molecular weight is 510 g/mol. The van der Waals surface area contributed by atoms with Gasteiger partial charge in [0, 0.05) is 42.8 Å². The lowest BCUT2D eigenvalue weighted by Gasteiger charge is -2.14. The first-order chi connectivity index (χ1) is 17.5. The van der Waals surface area contributed by atoms with Crippen LogP contribution in [0, 0.1) is 12.7 Å². The predicted octanol–water partition coefficient (Wildman–Crippen LogP) is 2.03. The Morgan fingerprint density at radius 2 is 1.86 bits per heavy atom. The van der Waals surface area contributed by atoms with E-state index in [4.69, 9.17) is 0 Å². The molecule has 3 N–H and O–H groups in total. The predicted molar refractivity (Wildman–Crippen MR) is 133 cm³/mol. The number of hydrogen-bond donors (Lipinski definition) is 3. The number of carboxylic acids is 1. The van der Waals surface area contributed by atoms with Crippen molar-refractivity contribution in [1.82, 2.24) is 20.1 Å². The van der Waals surface area contributed by atoms with Gasteiger partial charge in [-0.3, -0.25) is 9.78 Å². The van der Waals surface area contributed by atoms with Crippen molar-refractivity contribution in [2.75, 3.05) is 0 Å². The van der Waals surface area contributed by atoms with Gasteiger partial charge in [-0.15, -0.1) is 0 Å². The number of aliphatic carboxylic acids is 1. The lowest BCUT2D eigenvalue weighted by Crippen LogP contribution is -2.29. The molecule has 0 fully saturated rings. The van der Waals surface area contributed by atoms with E-state index in [1.165, 1.54) is 35.0 Å². The van der Waals surface area contributed by atoms with Crippen molar-refractivity contribution in [3.8, 4) is 5.69 Å². The summed E-state index contributed by atoms with van der Waals surface area (Å²) < 4.78 is 15.1. The Morgan fingerprint density at radius 1 is 1.16 bits per heavy atom. The number of hydrogen-bond acceptors (Lipinski definition) is 7. The molecular weight excluding hydrogens is 479 g/mol. The van der Waals surface area contributed by atoms with Gasteiger partial charge in [-0.2, -0.15) is 5.10 Å². The number of aliphatic hydroxyl groups is 2. The highest BCUT2D eigenvalue weighted by atomic mass is 19.1. The molecule has 0 aliphatic heterocycles. The maximum absolute atomic E-state index is 13.6. The molecule has 3 rings (SSSR count). The summed E-state index contributed by atoms with van der Waals surface area (Å²) in [5.41, 5.74) is 3.43. The van der Waals surface area contributed by atoms with Crippen LogP contribution in [0.5, 0.6) is 0 Å². The second-order valence-corrected chi connectivity index (χ2v) is 9.07. The summed E-state index contributed by atoms with van der Waals surface area (Å²) in [7, 11) is 0. The number of carbonyl (C=O) groups excluding carboxylic acids is 2. The molecule has 0 saturated carbocycles. The average Bonchev–Trinajstić information content (AvgIpc) is 3.22. The Balaban J connectivity index is 1.96. The van der Waals surface area contributed by atoms with Crippen molar-refractivity contribution >= 4 is 18.0 Å². The summed E-state index contributed by atoms with van der Waals surface area (Å²) in [6.07, 6.45) is 1.36. The third-order valence-corrected chi connectivity index (χ3v) is 5.64. The topological polar surface area (TPSA) is 140 Å². The van der Waals surface area contributed by atoms with E-state index >= 15 is 0 Å². The maximum atomic E-state index is 13.6. The highest BCUT2D eigenvalue weighted by Crippen LogP contribution is 2.28. The van der Waals surface area contributed by atoms with E-state index in [9.17, 15) is 29.3 Å². The fourth-order valence-corrected chi connectivity index (χ4v) is 3.82. The number of nitrogens with one attached hydrogen (secondary N) is 1. The Morgan fingerprint density at radius 3 is 2.46 bits per heavy atom. The molecule has 37 heavy (non-hydrogen) atoms. The number of rotatable bonds is 11. The Bertz CT molecular complexity index is 1250. The maximum Gasteiger partial charge on any atom is 0.272 e. The van der Waals surface area contributed by atoms with Crippen LogP contribution in [0.15, 0.2) is 48.7 Å². The third-order valence-electron chi connectivity index (χ3n) is 5.64. The summed E-state index contributed by atoms with van der Waals surface area (Å²) in [6.45, 7) is 5.90. The minimum absolute atomic E-state index is 0.156. The van der Waals surface area contributed by atoms with E-state index in [2.05, 4.69) is 15.4 Å². The smallest absolute Gasteiger partial charge is 0.272 e. The van der Waals surface area contributed by atoms with Crippen molar-refractivity contribution in [2.24, 2.45) is 0 Å². The minimum atomic E-state index is -1.42. The molecule has 10 heteroatoms. The van der Waals surface area contributed by atoms with Crippen LogP contribution < -0.4 is 10.4 Å². The van der Waals surface area contributed by atoms with Gasteiger partial charge >= 0.3 is 0 Å². The SMILES string of the molecule is Cc1ccc(CNC(=O)c2nn(-c3ccc(F)cc3)c(/C=C/[C@@H](O)C[C@@H](O)CC(=O)[O-])c2C(C)C)cn1. The number of pyridine rings is 1. The molecule has 0 unspecified atom stereocenters. The van der Waals surface area contributed by atoms with E-state index in [0.29, 0.717) is 16.9 Å². The van der Waals surface area contributed by atoms with Gasteiger partial charge in [0.05, 0.1) is 23.6 Å². The van der Waals surface area contributed by atoms with E-state index in [-0.39, 0.29) is 24.6 Å². The largest absolute Gasteiger partial charge is 0.550 e. The number of benzene rings is 1. The van der Waals surface area contributed by atoms with Gasteiger partial charge < -0.3 is 25.4 Å². The van der Waals surface area contributed by atoms with Gasteiger partial charge in [0.25, 0.3) is 5.91 Å². The van der Waals surface area contributed by atoms with Crippen molar-refractivity contribution in [3.05, 3.63) is 82.7 Å². The number of halogens is 1. The molecule has 2 heterocycles. The summed E-state index contributed by atoms with van der Waals surface area (Å²) in [5.74, 6) is -2.42. The zero-order chi connectivity index (χ0) is 27.1. The van der Waals surface area contributed by atoms with Crippen LogP contribution in [-0.4, -0.2) is 49.1 Å². The van der Waals surface area contributed by atoms with Gasteiger partial charge in [0.2, 0.25) is 0 Å². The van der Waals surface area contributed by atoms with Gasteiger partial charge in [-0.25, -0.2) is 9.07 Å². The van der Waals surface area contributed by atoms with Gasteiger partial charge in [0.15, 0.2) is 5.69 Å². The molecule has 0 spiro atoms. The van der Waals surface area contributed by atoms with Crippen molar-refractivity contribution in [2.45, 2.75) is 58.3 Å². The van der Waals surface area contributed by atoms with Crippen molar-refractivity contribution in [3.63, 3.8) is 0 Å². The van der Waals surface area contributed by atoms with Crippen LogP contribution in [0.1, 0.15) is 65.6 Å². The number of aryl methyl sites for hydroxylation is 1. The molecule has 196 valence electrons.